The Labute approximate surface area is 91.7 Å². The highest BCUT2D eigenvalue weighted by Gasteiger charge is 2.32. The number of anilines is 1. The van der Waals surface area contributed by atoms with Gasteiger partial charge in [0, 0.05) is 19.0 Å². The molecule has 82 valence electrons. The number of rotatable bonds is 3. The molecule has 1 heterocycles. The maximum atomic E-state index is 10.9. The van der Waals surface area contributed by atoms with Crippen LogP contribution in [-0.2, 0) is 11.2 Å². The molecule has 1 aliphatic carbocycles. The molecule has 0 fully saturated rings. The molecule has 0 saturated carbocycles. The molecular formula is C9H13N3O2S. The van der Waals surface area contributed by atoms with Crippen molar-refractivity contribution in [1.29, 1.82) is 0 Å². The monoisotopic (exact) mass is 227 g/mol. The maximum absolute atomic E-state index is 10.9. The number of hydrogen-bond acceptors (Lipinski definition) is 5. The van der Waals surface area contributed by atoms with Crippen LogP contribution in [-0.4, -0.2) is 35.2 Å². The van der Waals surface area contributed by atoms with Crippen LogP contribution in [0.15, 0.2) is 0 Å². The van der Waals surface area contributed by atoms with E-state index < -0.39 is 11.9 Å². The molecule has 1 aromatic rings. The summed E-state index contributed by atoms with van der Waals surface area (Å²) in [5, 5.41) is 11.6. The molecule has 15 heavy (non-hydrogen) atoms. The molecule has 6 heteroatoms. The highest BCUT2D eigenvalue weighted by atomic mass is 32.1. The summed E-state index contributed by atoms with van der Waals surface area (Å²) in [5.74, 6) is -1.18. The molecule has 1 aliphatic rings. The number of nitrogens with zero attached hydrogens (tertiary/aromatic N) is 2. The Morgan fingerprint density at radius 1 is 1.67 bits per heavy atom. The number of carboxylic acids is 1. The first kappa shape index (κ1) is 10.4. The second kappa shape index (κ2) is 3.79. The van der Waals surface area contributed by atoms with Crippen LogP contribution in [0.3, 0.4) is 0 Å². The highest BCUT2D eigenvalue weighted by Crippen LogP contribution is 2.38. The molecule has 5 nitrogen and oxygen atoms in total. The average Bonchev–Trinajstić information content (AvgIpc) is 2.60. The summed E-state index contributed by atoms with van der Waals surface area (Å²) in [7, 11) is 3.75. The van der Waals surface area contributed by atoms with E-state index in [9.17, 15) is 4.79 Å². The van der Waals surface area contributed by atoms with Crippen molar-refractivity contribution in [2.75, 3.05) is 19.5 Å². The Bertz CT molecular complexity index is 389. The molecule has 0 amide bonds. The summed E-state index contributed by atoms with van der Waals surface area (Å²) in [6, 6.07) is 0. The molecule has 0 radical (unpaired) electrons. The zero-order valence-electron chi connectivity index (χ0n) is 8.65. The van der Waals surface area contributed by atoms with Crippen LogP contribution in [0.2, 0.25) is 0 Å². The van der Waals surface area contributed by atoms with E-state index in [2.05, 4.69) is 10.4 Å². The lowest BCUT2D eigenvalue weighted by atomic mass is 10.1. The van der Waals surface area contributed by atoms with Crippen molar-refractivity contribution in [3.05, 3.63) is 10.6 Å². The van der Waals surface area contributed by atoms with Crippen molar-refractivity contribution in [3.8, 4) is 0 Å². The van der Waals surface area contributed by atoms with Gasteiger partial charge in [0.1, 0.15) is 5.92 Å². The topological polar surface area (TPSA) is 65.5 Å². The van der Waals surface area contributed by atoms with E-state index >= 15 is 0 Å². The number of fused-ring (bicyclic) bond motifs is 1. The predicted octanol–water partition coefficient (Wildman–Crippen LogP) is 1.15. The second-order valence-electron chi connectivity index (χ2n) is 3.76. The molecule has 0 spiro atoms. The lowest BCUT2D eigenvalue weighted by molar-refractivity contribution is -0.138. The lowest BCUT2D eigenvalue weighted by Gasteiger charge is -2.09. The molecular weight excluding hydrogens is 214 g/mol. The molecule has 0 saturated heterocycles. The van der Waals surface area contributed by atoms with Crippen molar-refractivity contribution < 1.29 is 9.90 Å². The molecule has 0 aliphatic heterocycles. The van der Waals surface area contributed by atoms with E-state index in [0.717, 1.165) is 22.1 Å². The fourth-order valence-corrected chi connectivity index (χ4v) is 2.82. The Kier molecular flexibility index (Phi) is 2.62. The van der Waals surface area contributed by atoms with E-state index in [1.807, 2.05) is 14.1 Å². The van der Waals surface area contributed by atoms with Gasteiger partial charge in [0.2, 0.25) is 0 Å². The van der Waals surface area contributed by atoms with Gasteiger partial charge in [0.05, 0.1) is 5.69 Å². The molecule has 0 aromatic carbocycles. The Morgan fingerprint density at radius 2 is 2.40 bits per heavy atom. The summed E-state index contributed by atoms with van der Waals surface area (Å²) < 4.78 is 0. The number of aryl methyl sites for hydroxylation is 1. The molecule has 2 N–H and O–H groups in total. The highest BCUT2D eigenvalue weighted by molar-refractivity contribution is 7.15. The Balaban J connectivity index is 2.22. The summed E-state index contributed by atoms with van der Waals surface area (Å²) in [4.78, 5) is 16.4. The fourth-order valence-electron chi connectivity index (χ4n) is 1.71. The molecule has 1 atom stereocenters. The smallest absolute Gasteiger partial charge is 0.312 e. The lowest BCUT2D eigenvalue weighted by Crippen LogP contribution is -2.19. The Morgan fingerprint density at radius 3 is 3.00 bits per heavy atom. The number of nitrogens with one attached hydrogen (secondary N) is 1. The van der Waals surface area contributed by atoms with Crippen LogP contribution in [0, 0.1) is 0 Å². The van der Waals surface area contributed by atoms with Crippen molar-refractivity contribution in [2.24, 2.45) is 0 Å². The van der Waals surface area contributed by atoms with Gasteiger partial charge >= 0.3 is 5.97 Å². The minimum absolute atomic E-state index is 0.408. The number of carboxylic acid groups (broad SMARTS) is 1. The van der Waals surface area contributed by atoms with Crippen molar-refractivity contribution in [3.63, 3.8) is 0 Å². The van der Waals surface area contributed by atoms with Crippen LogP contribution in [0.5, 0.6) is 0 Å². The number of aromatic nitrogens is 1. The first-order chi connectivity index (χ1) is 7.08. The summed E-state index contributed by atoms with van der Waals surface area (Å²) >= 11 is 1.54. The SMILES string of the molecule is CN(C)Nc1nc2c(s1)CCC2C(=O)O. The van der Waals surface area contributed by atoms with Crippen LogP contribution in [0.4, 0.5) is 5.13 Å². The summed E-state index contributed by atoms with van der Waals surface area (Å²) in [6.45, 7) is 0. The third kappa shape index (κ3) is 1.95. The van der Waals surface area contributed by atoms with E-state index in [4.69, 9.17) is 5.11 Å². The number of hydrogen-bond donors (Lipinski definition) is 2. The van der Waals surface area contributed by atoms with Gasteiger partial charge in [-0.25, -0.2) is 9.99 Å². The van der Waals surface area contributed by atoms with E-state index in [1.54, 1.807) is 16.3 Å². The van der Waals surface area contributed by atoms with Gasteiger partial charge in [-0.15, -0.1) is 11.3 Å². The summed E-state index contributed by atoms with van der Waals surface area (Å²) in [5.41, 5.74) is 3.79. The number of aliphatic carboxylic acids is 1. The molecule has 2 rings (SSSR count). The van der Waals surface area contributed by atoms with Crippen molar-refractivity contribution in [1.82, 2.24) is 9.99 Å². The van der Waals surface area contributed by atoms with Gasteiger partial charge in [0.25, 0.3) is 0 Å². The van der Waals surface area contributed by atoms with Crippen LogP contribution < -0.4 is 5.43 Å². The van der Waals surface area contributed by atoms with Crippen LogP contribution in [0.1, 0.15) is 22.9 Å². The van der Waals surface area contributed by atoms with Gasteiger partial charge in [-0.1, -0.05) is 0 Å². The van der Waals surface area contributed by atoms with Crippen LogP contribution in [0.25, 0.3) is 0 Å². The van der Waals surface area contributed by atoms with E-state index in [1.165, 1.54) is 0 Å². The zero-order chi connectivity index (χ0) is 11.0. The van der Waals surface area contributed by atoms with E-state index in [-0.39, 0.29) is 0 Å². The largest absolute Gasteiger partial charge is 0.481 e. The standard InChI is InChI=1S/C9H13N3O2S/c1-12(2)11-9-10-7-5(8(13)14)3-4-6(7)15-9/h5H,3-4H2,1-2H3,(H,10,11)(H,13,14). The molecule has 1 unspecified atom stereocenters. The van der Waals surface area contributed by atoms with Gasteiger partial charge in [0.15, 0.2) is 5.13 Å². The second-order valence-corrected chi connectivity index (χ2v) is 4.85. The number of hydrazine groups is 1. The minimum Gasteiger partial charge on any atom is -0.481 e. The van der Waals surface area contributed by atoms with E-state index in [0.29, 0.717) is 6.42 Å². The third-order valence-corrected chi connectivity index (χ3v) is 3.37. The van der Waals surface area contributed by atoms with Gasteiger partial charge in [-0.2, -0.15) is 0 Å². The van der Waals surface area contributed by atoms with Crippen LogP contribution >= 0.6 is 11.3 Å². The fraction of sp³-hybridized carbons (Fsp3) is 0.556. The van der Waals surface area contributed by atoms with Gasteiger partial charge in [-0.05, 0) is 12.8 Å². The molecule has 1 aromatic heterocycles. The Hall–Kier alpha value is -1.14. The minimum atomic E-state index is -0.768. The predicted molar refractivity (Wildman–Crippen MR) is 58.1 cm³/mol. The van der Waals surface area contributed by atoms with Gasteiger partial charge < -0.3 is 5.11 Å². The first-order valence-corrected chi connectivity index (χ1v) is 5.56. The molecule has 0 bridgehead atoms. The summed E-state index contributed by atoms with van der Waals surface area (Å²) in [6.07, 6.45) is 1.52. The third-order valence-electron chi connectivity index (χ3n) is 2.34. The zero-order valence-corrected chi connectivity index (χ0v) is 9.47. The number of carbonyl (C=O) groups is 1. The first-order valence-electron chi connectivity index (χ1n) is 4.74. The quantitative estimate of drug-likeness (QED) is 0.758. The maximum Gasteiger partial charge on any atom is 0.312 e. The van der Waals surface area contributed by atoms with Gasteiger partial charge in [-0.3, -0.25) is 10.2 Å². The number of thiazole rings is 1. The van der Waals surface area contributed by atoms with Crippen molar-refractivity contribution in [2.45, 2.75) is 18.8 Å². The normalized spacial score (nSPS) is 19.3. The average molecular weight is 227 g/mol. The van der Waals surface area contributed by atoms with Crippen molar-refractivity contribution >= 4 is 22.4 Å².